The van der Waals surface area contributed by atoms with Gasteiger partial charge in [-0.1, -0.05) is 38.1 Å². The Hall–Kier alpha value is -2.77. The summed E-state index contributed by atoms with van der Waals surface area (Å²) in [6.45, 7) is 4.92. The molecule has 0 fully saturated rings. The van der Waals surface area contributed by atoms with Crippen LogP contribution in [0, 0.1) is 5.82 Å². The molecule has 0 saturated heterocycles. The Labute approximate surface area is 181 Å². The summed E-state index contributed by atoms with van der Waals surface area (Å²) >= 11 is 0. The highest BCUT2D eigenvalue weighted by atomic mass is 19.1. The number of benzene rings is 1. The normalized spacial score (nSPS) is 15.5. The molecule has 0 saturated carbocycles. The first-order valence-electron chi connectivity index (χ1n) is 10.6. The zero-order chi connectivity index (χ0) is 22.5. The molecular formula is C24H29FN2O4. The van der Waals surface area contributed by atoms with E-state index in [-0.39, 0.29) is 18.2 Å². The van der Waals surface area contributed by atoms with Gasteiger partial charge < -0.3 is 20.6 Å². The molecule has 0 unspecified atom stereocenters. The fourth-order valence-electron chi connectivity index (χ4n) is 3.92. The van der Waals surface area contributed by atoms with Gasteiger partial charge in [0, 0.05) is 24.1 Å². The number of fused-ring (bicyclic) bond motifs is 1. The number of halogens is 1. The minimum absolute atomic E-state index is 0.0778. The molecule has 1 aliphatic heterocycles. The number of aromatic nitrogens is 1. The van der Waals surface area contributed by atoms with Crippen LogP contribution in [0.5, 0.6) is 0 Å². The van der Waals surface area contributed by atoms with Crippen LogP contribution in [0.4, 0.5) is 10.2 Å². The Morgan fingerprint density at radius 3 is 2.61 bits per heavy atom. The number of pyridine rings is 1. The molecule has 31 heavy (non-hydrogen) atoms. The van der Waals surface area contributed by atoms with Crippen LogP contribution in [-0.2, 0) is 11.2 Å². The van der Waals surface area contributed by atoms with Gasteiger partial charge in [0.1, 0.15) is 11.6 Å². The molecule has 7 heteroatoms. The fraction of sp³-hybridized carbons (Fsp3) is 0.417. The van der Waals surface area contributed by atoms with Gasteiger partial charge in [0.05, 0.1) is 24.3 Å². The van der Waals surface area contributed by atoms with E-state index in [1.807, 2.05) is 13.8 Å². The molecule has 0 spiro atoms. The van der Waals surface area contributed by atoms with Gasteiger partial charge in [0.2, 0.25) is 0 Å². The van der Waals surface area contributed by atoms with E-state index in [2.05, 4.69) is 5.32 Å². The first-order valence-corrected chi connectivity index (χ1v) is 10.6. The summed E-state index contributed by atoms with van der Waals surface area (Å²) in [5.74, 6) is -0.490. The Balaban J connectivity index is 2.06. The number of carboxylic acid groups (broad SMARTS) is 1. The SMILES string of the molecule is CC(C)c1nc2c(c(-c3ccc(F)cc3)c1/C=C/[C@@H](O)C[C@@H](O)CC(=O)O)CCCN2. The number of carboxylic acids is 1. The van der Waals surface area contributed by atoms with Crippen molar-refractivity contribution in [3.63, 3.8) is 0 Å². The quantitative estimate of drug-likeness (QED) is 0.507. The van der Waals surface area contributed by atoms with Gasteiger partial charge in [0.15, 0.2) is 0 Å². The highest BCUT2D eigenvalue weighted by molar-refractivity contribution is 5.83. The van der Waals surface area contributed by atoms with E-state index in [0.717, 1.165) is 53.2 Å². The van der Waals surface area contributed by atoms with E-state index in [9.17, 15) is 19.4 Å². The summed E-state index contributed by atoms with van der Waals surface area (Å²) in [4.78, 5) is 15.6. The largest absolute Gasteiger partial charge is 0.481 e. The first kappa shape index (κ1) is 22.9. The van der Waals surface area contributed by atoms with Gasteiger partial charge in [-0.25, -0.2) is 9.37 Å². The number of hydrogen-bond donors (Lipinski definition) is 4. The topological polar surface area (TPSA) is 103 Å². The molecule has 2 aromatic rings. The molecule has 0 radical (unpaired) electrons. The minimum atomic E-state index is -1.14. The molecule has 1 aromatic carbocycles. The van der Waals surface area contributed by atoms with Gasteiger partial charge in [-0.2, -0.15) is 0 Å². The van der Waals surface area contributed by atoms with Crippen molar-refractivity contribution in [1.29, 1.82) is 0 Å². The fourth-order valence-corrected chi connectivity index (χ4v) is 3.92. The zero-order valence-corrected chi connectivity index (χ0v) is 17.8. The number of anilines is 1. The second kappa shape index (κ2) is 10.0. The third kappa shape index (κ3) is 5.68. The van der Waals surface area contributed by atoms with E-state index in [4.69, 9.17) is 10.1 Å². The lowest BCUT2D eigenvalue weighted by Gasteiger charge is -2.25. The average Bonchev–Trinajstić information content (AvgIpc) is 2.71. The monoisotopic (exact) mass is 428 g/mol. The molecular weight excluding hydrogens is 399 g/mol. The number of hydrogen-bond acceptors (Lipinski definition) is 5. The van der Waals surface area contributed by atoms with E-state index in [1.165, 1.54) is 12.1 Å². The van der Waals surface area contributed by atoms with E-state index in [1.54, 1.807) is 24.3 Å². The molecule has 2 atom stereocenters. The molecule has 3 rings (SSSR count). The summed E-state index contributed by atoms with van der Waals surface area (Å²) in [6.07, 6.45) is 2.49. The van der Waals surface area contributed by atoms with Crippen molar-refractivity contribution < 1.29 is 24.5 Å². The number of nitrogens with zero attached hydrogens (tertiary/aromatic N) is 1. The van der Waals surface area contributed by atoms with Crippen LogP contribution in [0.3, 0.4) is 0 Å². The second-order valence-corrected chi connectivity index (χ2v) is 8.22. The van der Waals surface area contributed by atoms with E-state index < -0.39 is 24.6 Å². The molecule has 4 N–H and O–H groups in total. The van der Waals surface area contributed by atoms with Crippen molar-refractivity contribution in [2.24, 2.45) is 0 Å². The van der Waals surface area contributed by atoms with Crippen molar-refractivity contribution in [3.05, 3.63) is 53.0 Å². The maximum atomic E-state index is 13.6. The van der Waals surface area contributed by atoms with Gasteiger partial charge >= 0.3 is 5.97 Å². The molecule has 0 aliphatic carbocycles. The first-order chi connectivity index (χ1) is 14.8. The Bertz CT molecular complexity index is 957. The second-order valence-electron chi connectivity index (χ2n) is 8.22. The number of aliphatic hydroxyl groups is 2. The van der Waals surface area contributed by atoms with Crippen molar-refractivity contribution in [1.82, 2.24) is 4.98 Å². The summed E-state index contributed by atoms with van der Waals surface area (Å²) < 4.78 is 13.6. The van der Waals surface area contributed by atoms with Crippen molar-refractivity contribution >= 4 is 17.9 Å². The number of nitrogens with one attached hydrogen (secondary N) is 1. The molecule has 166 valence electrons. The van der Waals surface area contributed by atoms with Gasteiger partial charge in [-0.3, -0.25) is 4.79 Å². The van der Waals surface area contributed by atoms with Gasteiger partial charge in [-0.05, 0) is 42.0 Å². The van der Waals surface area contributed by atoms with Crippen LogP contribution >= 0.6 is 0 Å². The number of rotatable bonds is 8. The third-order valence-electron chi connectivity index (χ3n) is 5.35. The van der Waals surface area contributed by atoms with Crippen molar-refractivity contribution in [2.75, 3.05) is 11.9 Å². The number of aliphatic hydroxyl groups excluding tert-OH is 2. The summed E-state index contributed by atoms with van der Waals surface area (Å²) in [5, 5.41) is 32.3. The zero-order valence-electron chi connectivity index (χ0n) is 17.8. The Morgan fingerprint density at radius 2 is 1.97 bits per heavy atom. The smallest absolute Gasteiger partial charge is 0.305 e. The summed E-state index contributed by atoms with van der Waals surface area (Å²) in [7, 11) is 0. The summed E-state index contributed by atoms with van der Waals surface area (Å²) in [5.41, 5.74) is 4.57. The molecule has 1 aliphatic rings. The van der Waals surface area contributed by atoms with Gasteiger partial charge in [0.25, 0.3) is 0 Å². The number of aliphatic carboxylic acids is 1. The molecule has 1 aromatic heterocycles. The molecule has 2 heterocycles. The lowest BCUT2D eigenvalue weighted by molar-refractivity contribution is -0.139. The summed E-state index contributed by atoms with van der Waals surface area (Å²) in [6, 6.07) is 6.35. The third-order valence-corrected chi connectivity index (χ3v) is 5.35. The van der Waals surface area contributed by atoms with Crippen molar-refractivity contribution in [3.8, 4) is 11.1 Å². The number of carbonyl (C=O) groups is 1. The van der Waals surface area contributed by atoms with Crippen LogP contribution < -0.4 is 5.32 Å². The van der Waals surface area contributed by atoms with Crippen LogP contribution in [-0.4, -0.2) is 45.0 Å². The van der Waals surface area contributed by atoms with Crippen LogP contribution in [0.1, 0.15) is 55.8 Å². The van der Waals surface area contributed by atoms with Crippen LogP contribution in [0.2, 0.25) is 0 Å². The van der Waals surface area contributed by atoms with Crippen LogP contribution in [0.25, 0.3) is 17.2 Å². The maximum absolute atomic E-state index is 13.6. The van der Waals surface area contributed by atoms with E-state index in [0.29, 0.717) is 0 Å². The lowest BCUT2D eigenvalue weighted by Crippen LogP contribution is -2.19. The maximum Gasteiger partial charge on any atom is 0.305 e. The molecule has 6 nitrogen and oxygen atoms in total. The molecule has 0 bridgehead atoms. The average molecular weight is 429 g/mol. The standard InChI is InChI=1S/C24H29FN2O4/c1-14(2)23-19(10-9-17(28)12-18(29)13-21(30)31)22(15-5-7-16(25)8-6-15)20-4-3-11-26-24(20)27-23/h5-10,14,17-18,28-29H,3-4,11-13H2,1-2H3,(H,26,27)(H,30,31)/b10-9+/t17-,18-/m1/s1. The van der Waals surface area contributed by atoms with Gasteiger partial charge in [-0.15, -0.1) is 0 Å². The highest BCUT2D eigenvalue weighted by Gasteiger charge is 2.23. The lowest BCUT2D eigenvalue weighted by atomic mass is 9.87. The van der Waals surface area contributed by atoms with E-state index >= 15 is 0 Å². The predicted molar refractivity (Wildman–Crippen MR) is 118 cm³/mol. The predicted octanol–water partition coefficient (Wildman–Crippen LogP) is 3.97. The Kier molecular flexibility index (Phi) is 7.41. The highest BCUT2D eigenvalue weighted by Crippen LogP contribution is 2.39. The minimum Gasteiger partial charge on any atom is -0.481 e. The van der Waals surface area contributed by atoms with Crippen LogP contribution in [0.15, 0.2) is 30.3 Å². The van der Waals surface area contributed by atoms with Crippen molar-refractivity contribution in [2.45, 2.75) is 57.7 Å². The molecule has 0 amide bonds. The Morgan fingerprint density at radius 1 is 1.26 bits per heavy atom.